The second-order valence-electron chi connectivity index (χ2n) is 13.6. The van der Waals surface area contributed by atoms with Crippen molar-refractivity contribution in [3.8, 4) is 39.1 Å². The van der Waals surface area contributed by atoms with Crippen LogP contribution in [0.3, 0.4) is 0 Å². The third-order valence-corrected chi connectivity index (χ3v) is 10.8. The van der Waals surface area contributed by atoms with Crippen LogP contribution in [0.15, 0.2) is 192 Å². The van der Waals surface area contributed by atoms with Crippen molar-refractivity contribution in [2.45, 2.75) is 0 Å². The highest BCUT2D eigenvalue weighted by molar-refractivity contribution is 6.26. The van der Waals surface area contributed by atoms with E-state index >= 15 is 0 Å². The van der Waals surface area contributed by atoms with Crippen LogP contribution in [0, 0.1) is 0 Å². The van der Waals surface area contributed by atoms with Gasteiger partial charge in [0.2, 0.25) is 0 Å². The van der Waals surface area contributed by atoms with Gasteiger partial charge in [-0.2, -0.15) is 0 Å². The molecule has 0 fully saturated rings. The third kappa shape index (κ3) is 4.25. The molecule has 0 aliphatic heterocycles. The summed E-state index contributed by atoms with van der Waals surface area (Å²) in [5, 5.41) is 9.67. The minimum atomic E-state index is 0.890. The summed E-state index contributed by atoms with van der Waals surface area (Å²) in [4.78, 5) is 0. The second kappa shape index (κ2) is 11.3. The molecule has 0 atom stereocenters. The molecule has 0 spiro atoms. The number of hydrogen-bond acceptors (Lipinski definition) is 1. The predicted molar refractivity (Wildman–Crippen MR) is 219 cm³/mol. The number of hydrogen-bond donors (Lipinski definition) is 0. The molecule has 242 valence electrons. The molecule has 0 aliphatic carbocycles. The van der Waals surface area contributed by atoms with E-state index in [0.717, 1.165) is 38.8 Å². The van der Waals surface area contributed by atoms with Crippen molar-refractivity contribution in [2.24, 2.45) is 0 Å². The zero-order valence-corrected chi connectivity index (χ0v) is 28.3. The van der Waals surface area contributed by atoms with Crippen LogP contribution in [0.2, 0.25) is 0 Å². The first-order valence-electron chi connectivity index (χ1n) is 17.9. The quantitative estimate of drug-likeness (QED) is 0.172. The van der Waals surface area contributed by atoms with E-state index in [1.165, 1.54) is 65.6 Å². The van der Waals surface area contributed by atoms with Gasteiger partial charge in [-0.05, 0) is 103 Å². The Balaban J connectivity index is 1.24. The number of fused-ring (bicyclic) bond motifs is 8. The summed E-state index contributed by atoms with van der Waals surface area (Å²) in [5.41, 5.74) is 12.5. The molecule has 2 heteroatoms. The number of para-hydroxylation sites is 3. The van der Waals surface area contributed by atoms with Crippen LogP contribution in [-0.2, 0) is 0 Å². The maximum atomic E-state index is 6.71. The topological polar surface area (TPSA) is 18.1 Å². The van der Waals surface area contributed by atoms with Crippen molar-refractivity contribution in [3.63, 3.8) is 0 Å². The number of furan rings is 1. The summed E-state index contributed by atoms with van der Waals surface area (Å²) in [7, 11) is 0. The third-order valence-electron chi connectivity index (χ3n) is 10.8. The Hall–Kier alpha value is -6.90. The highest BCUT2D eigenvalue weighted by Gasteiger charge is 2.22. The zero-order valence-electron chi connectivity index (χ0n) is 28.3. The van der Waals surface area contributed by atoms with Gasteiger partial charge in [0.05, 0.1) is 11.0 Å². The van der Waals surface area contributed by atoms with Crippen LogP contribution in [0.5, 0.6) is 0 Å². The van der Waals surface area contributed by atoms with Crippen LogP contribution < -0.4 is 0 Å². The van der Waals surface area contributed by atoms with Gasteiger partial charge in [0.25, 0.3) is 0 Å². The first-order chi connectivity index (χ1) is 25.8. The molecule has 52 heavy (non-hydrogen) atoms. The Kier molecular flexibility index (Phi) is 6.28. The van der Waals surface area contributed by atoms with E-state index in [-0.39, 0.29) is 0 Å². The molecule has 2 aromatic heterocycles. The standard InChI is InChI=1S/C50H31NO/c1-3-15-32(16-4-1)48-37-20-7-9-22-39(37)49(40-23-10-8-21-38(40)48)43-30-34(31-47-50(43)41-24-12-14-26-46(41)52-47)33-27-28-45-42(29-33)36-19-11-13-25-44(36)51(45)35-17-5-2-6-18-35/h1-31H. The van der Waals surface area contributed by atoms with E-state index in [9.17, 15) is 0 Å². The van der Waals surface area contributed by atoms with Crippen LogP contribution in [-0.4, -0.2) is 4.57 Å². The lowest BCUT2D eigenvalue weighted by Crippen LogP contribution is -1.93. The van der Waals surface area contributed by atoms with Gasteiger partial charge in [0.1, 0.15) is 11.2 Å². The summed E-state index contributed by atoms with van der Waals surface area (Å²) >= 11 is 0. The van der Waals surface area contributed by atoms with Gasteiger partial charge in [-0.1, -0.05) is 140 Å². The van der Waals surface area contributed by atoms with Gasteiger partial charge in [0.15, 0.2) is 0 Å². The first kappa shape index (κ1) is 28.9. The first-order valence-corrected chi connectivity index (χ1v) is 17.9. The molecule has 0 bridgehead atoms. The fourth-order valence-electron chi connectivity index (χ4n) is 8.56. The highest BCUT2D eigenvalue weighted by atomic mass is 16.3. The number of benzene rings is 9. The molecule has 0 radical (unpaired) electrons. The normalized spacial score (nSPS) is 11.8. The average molecular weight is 662 g/mol. The molecule has 2 nitrogen and oxygen atoms in total. The van der Waals surface area contributed by atoms with Crippen LogP contribution >= 0.6 is 0 Å². The molecule has 0 amide bonds. The fourth-order valence-corrected chi connectivity index (χ4v) is 8.56. The van der Waals surface area contributed by atoms with E-state index < -0.39 is 0 Å². The summed E-state index contributed by atoms with van der Waals surface area (Å²) in [6.07, 6.45) is 0. The summed E-state index contributed by atoms with van der Waals surface area (Å²) < 4.78 is 9.08. The van der Waals surface area contributed by atoms with Crippen molar-refractivity contribution in [2.75, 3.05) is 0 Å². The maximum absolute atomic E-state index is 6.71. The van der Waals surface area contributed by atoms with Crippen molar-refractivity contribution in [1.29, 1.82) is 0 Å². The number of aromatic nitrogens is 1. The Morgan fingerprint density at radius 3 is 1.60 bits per heavy atom. The molecule has 9 aromatic carbocycles. The second-order valence-corrected chi connectivity index (χ2v) is 13.6. The minimum absolute atomic E-state index is 0.890. The minimum Gasteiger partial charge on any atom is -0.456 e. The van der Waals surface area contributed by atoms with Gasteiger partial charge in [0, 0.05) is 27.2 Å². The molecule has 0 saturated carbocycles. The fraction of sp³-hybridized carbons (Fsp3) is 0. The monoisotopic (exact) mass is 661 g/mol. The molecular weight excluding hydrogens is 631 g/mol. The molecule has 11 aromatic rings. The predicted octanol–water partition coefficient (Wildman–Crippen LogP) is 14.0. The largest absolute Gasteiger partial charge is 0.456 e. The van der Waals surface area contributed by atoms with Gasteiger partial charge in [-0.15, -0.1) is 0 Å². The molecule has 0 N–H and O–H groups in total. The molecule has 0 saturated heterocycles. The maximum Gasteiger partial charge on any atom is 0.136 e. The lowest BCUT2D eigenvalue weighted by molar-refractivity contribution is 0.669. The smallest absolute Gasteiger partial charge is 0.136 e. The van der Waals surface area contributed by atoms with Crippen molar-refractivity contribution in [3.05, 3.63) is 188 Å². The van der Waals surface area contributed by atoms with Gasteiger partial charge < -0.3 is 8.98 Å². The van der Waals surface area contributed by atoms with Crippen molar-refractivity contribution >= 4 is 65.3 Å². The number of nitrogens with zero attached hydrogens (tertiary/aromatic N) is 1. The lowest BCUT2D eigenvalue weighted by Gasteiger charge is -2.19. The number of rotatable bonds is 4. The summed E-state index contributed by atoms with van der Waals surface area (Å²) in [6, 6.07) is 67.9. The van der Waals surface area contributed by atoms with E-state index in [4.69, 9.17) is 4.42 Å². The van der Waals surface area contributed by atoms with Gasteiger partial charge in [-0.3, -0.25) is 0 Å². The Morgan fingerprint density at radius 2 is 0.885 bits per heavy atom. The molecule has 2 heterocycles. The lowest BCUT2D eigenvalue weighted by atomic mass is 9.84. The highest BCUT2D eigenvalue weighted by Crippen LogP contribution is 2.48. The summed E-state index contributed by atoms with van der Waals surface area (Å²) in [5.74, 6) is 0. The van der Waals surface area contributed by atoms with Crippen LogP contribution in [0.25, 0.3) is 104 Å². The van der Waals surface area contributed by atoms with E-state index in [1.54, 1.807) is 0 Å². The van der Waals surface area contributed by atoms with E-state index in [1.807, 2.05) is 0 Å². The summed E-state index contributed by atoms with van der Waals surface area (Å²) in [6.45, 7) is 0. The van der Waals surface area contributed by atoms with Crippen molar-refractivity contribution in [1.82, 2.24) is 4.57 Å². The van der Waals surface area contributed by atoms with Gasteiger partial charge >= 0.3 is 0 Å². The molecule has 11 rings (SSSR count). The van der Waals surface area contributed by atoms with Crippen LogP contribution in [0.4, 0.5) is 0 Å². The Morgan fingerprint density at radius 1 is 0.327 bits per heavy atom. The molecular formula is C50H31NO. The van der Waals surface area contributed by atoms with E-state index in [2.05, 4.69) is 193 Å². The molecule has 0 unspecified atom stereocenters. The Bertz CT molecular complexity index is 3110. The average Bonchev–Trinajstić information content (AvgIpc) is 3.76. The van der Waals surface area contributed by atoms with Gasteiger partial charge in [-0.25, -0.2) is 0 Å². The van der Waals surface area contributed by atoms with Crippen LogP contribution in [0.1, 0.15) is 0 Å². The Labute approximate surface area is 300 Å². The van der Waals surface area contributed by atoms with Crippen molar-refractivity contribution < 1.29 is 4.42 Å². The van der Waals surface area contributed by atoms with E-state index in [0.29, 0.717) is 0 Å². The SMILES string of the molecule is c1ccc(-c2c3ccccc3c(-c3cc(-c4ccc5c(c4)c4ccccc4n5-c4ccccc4)cc4oc5ccccc5c34)c3ccccc23)cc1. The zero-order chi connectivity index (χ0) is 34.2. The molecule has 0 aliphatic rings.